The third kappa shape index (κ3) is 3.01. The topological polar surface area (TPSA) is 35.5 Å². The number of hydrogen-bond donors (Lipinski definition) is 2. The van der Waals surface area contributed by atoms with Gasteiger partial charge < -0.3 is 15.3 Å². The predicted molar refractivity (Wildman–Crippen MR) is 71.1 cm³/mol. The molecule has 0 aromatic heterocycles. The molecule has 2 rings (SSSR count). The first-order chi connectivity index (χ1) is 8.01. The maximum absolute atomic E-state index is 9.82. The van der Waals surface area contributed by atoms with Gasteiger partial charge in [0, 0.05) is 13.1 Å². The second kappa shape index (κ2) is 4.87. The van der Waals surface area contributed by atoms with E-state index in [2.05, 4.69) is 31.0 Å². The maximum atomic E-state index is 9.82. The second-order valence-electron chi connectivity index (χ2n) is 6.74. The van der Waals surface area contributed by atoms with Crippen molar-refractivity contribution in [2.24, 2.45) is 11.3 Å². The van der Waals surface area contributed by atoms with Crippen LogP contribution in [0.4, 0.5) is 0 Å². The average molecular weight is 240 g/mol. The van der Waals surface area contributed by atoms with Crippen LogP contribution in [0.3, 0.4) is 0 Å². The van der Waals surface area contributed by atoms with Crippen molar-refractivity contribution in [3.63, 3.8) is 0 Å². The normalized spacial score (nSPS) is 28.2. The molecule has 1 saturated heterocycles. The molecule has 0 aromatic carbocycles. The minimum Gasteiger partial charge on any atom is -0.394 e. The predicted octanol–water partition coefficient (Wildman–Crippen LogP) is 1.47. The third-order valence-electron chi connectivity index (χ3n) is 4.43. The van der Waals surface area contributed by atoms with E-state index in [0.29, 0.717) is 11.3 Å². The minimum atomic E-state index is -0.0326. The first-order valence-electron chi connectivity index (χ1n) is 7.09. The number of nitrogens with zero attached hydrogens (tertiary/aromatic N) is 1. The van der Waals surface area contributed by atoms with E-state index in [1.165, 1.54) is 32.4 Å². The molecule has 2 aliphatic rings. The molecule has 1 aliphatic heterocycles. The number of hydrogen-bond acceptors (Lipinski definition) is 3. The Balaban J connectivity index is 1.97. The number of rotatable bonds is 6. The van der Waals surface area contributed by atoms with Gasteiger partial charge in [0.25, 0.3) is 0 Å². The third-order valence-corrected chi connectivity index (χ3v) is 4.43. The van der Waals surface area contributed by atoms with Crippen molar-refractivity contribution in [3.8, 4) is 0 Å². The fourth-order valence-corrected chi connectivity index (χ4v) is 3.31. The molecule has 3 heteroatoms. The van der Waals surface area contributed by atoms with E-state index in [0.717, 1.165) is 13.1 Å². The molecule has 1 unspecified atom stereocenters. The molecule has 0 bridgehead atoms. The Hall–Kier alpha value is -0.120. The lowest BCUT2D eigenvalue weighted by Gasteiger charge is -2.37. The fraction of sp³-hybridized carbons (Fsp3) is 1.00. The van der Waals surface area contributed by atoms with Crippen LogP contribution in [-0.4, -0.2) is 48.3 Å². The number of nitrogens with one attached hydrogen (secondary N) is 1. The Bertz CT molecular complexity index is 263. The molecule has 1 atom stereocenters. The van der Waals surface area contributed by atoms with Gasteiger partial charge in [0.1, 0.15) is 0 Å². The van der Waals surface area contributed by atoms with Gasteiger partial charge in [-0.3, -0.25) is 0 Å². The molecule has 1 saturated carbocycles. The average Bonchev–Trinajstić information content (AvgIpc) is 3.05. The molecule has 1 heterocycles. The molecule has 0 aromatic rings. The largest absolute Gasteiger partial charge is 0.394 e. The van der Waals surface area contributed by atoms with Crippen LogP contribution in [0.1, 0.15) is 40.0 Å². The van der Waals surface area contributed by atoms with Gasteiger partial charge in [0.15, 0.2) is 0 Å². The van der Waals surface area contributed by atoms with Crippen molar-refractivity contribution in [1.82, 2.24) is 10.2 Å². The number of likely N-dealkylation sites (N-methyl/N-ethyl adjacent to an activating group) is 1. The van der Waals surface area contributed by atoms with Gasteiger partial charge in [-0.1, -0.05) is 20.8 Å². The van der Waals surface area contributed by atoms with Gasteiger partial charge in [-0.25, -0.2) is 0 Å². The Kier molecular flexibility index (Phi) is 3.81. The van der Waals surface area contributed by atoms with E-state index < -0.39 is 0 Å². The highest BCUT2D eigenvalue weighted by molar-refractivity contribution is 5.03. The molecule has 0 amide bonds. The lowest BCUT2D eigenvalue weighted by molar-refractivity contribution is 0.0978. The van der Waals surface area contributed by atoms with Crippen LogP contribution in [0.15, 0.2) is 0 Å². The minimum absolute atomic E-state index is 0.0326. The molecule has 17 heavy (non-hydrogen) atoms. The van der Waals surface area contributed by atoms with Crippen LogP contribution in [0, 0.1) is 11.3 Å². The van der Waals surface area contributed by atoms with Crippen LogP contribution >= 0.6 is 0 Å². The van der Waals surface area contributed by atoms with Crippen molar-refractivity contribution in [2.45, 2.75) is 45.6 Å². The summed E-state index contributed by atoms with van der Waals surface area (Å²) in [6.07, 6.45) is 3.85. The standard InChI is InChI=1S/C14H28N2O/c1-4-15-14(11-17,12-5-6-12)10-16-8-7-13(2,3)9-16/h12,15,17H,4-11H2,1-3H3. The fourth-order valence-electron chi connectivity index (χ4n) is 3.31. The highest BCUT2D eigenvalue weighted by Crippen LogP contribution is 2.41. The lowest BCUT2D eigenvalue weighted by atomic mass is 9.92. The molecule has 0 spiro atoms. The van der Waals surface area contributed by atoms with Gasteiger partial charge in [-0.2, -0.15) is 0 Å². The molecule has 2 fully saturated rings. The van der Waals surface area contributed by atoms with Gasteiger partial charge >= 0.3 is 0 Å². The maximum Gasteiger partial charge on any atom is 0.0628 e. The molecular weight excluding hydrogens is 212 g/mol. The number of likely N-dealkylation sites (tertiary alicyclic amines) is 1. The highest BCUT2D eigenvalue weighted by Gasteiger charge is 2.46. The summed E-state index contributed by atoms with van der Waals surface area (Å²) in [5, 5.41) is 13.4. The van der Waals surface area contributed by atoms with Crippen LogP contribution in [0.25, 0.3) is 0 Å². The summed E-state index contributed by atoms with van der Waals surface area (Å²) in [5.41, 5.74) is 0.423. The second-order valence-corrected chi connectivity index (χ2v) is 6.74. The smallest absolute Gasteiger partial charge is 0.0628 e. The summed E-state index contributed by atoms with van der Waals surface area (Å²) < 4.78 is 0. The van der Waals surface area contributed by atoms with Crippen LogP contribution in [0.5, 0.6) is 0 Å². The summed E-state index contributed by atoms with van der Waals surface area (Å²) >= 11 is 0. The van der Waals surface area contributed by atoms with E-state index in [1.54, 1.807) is 0 Å². The van der Waals surface area contributed by atoms with Gasteiger partial charge in [0.2, 0.25) is 0 Å². The van der Waals surface area contributed by atoms with Crippen LogP contribution < -0.4 is 5.32 Å². The number of aliphatic hydroxyl groups excluding tert-OH is 1. The summed E-state index contributed by atoms with van der Waals surface area (Å²) in [4.78, 5) is 2.54. The molecule has 0 radical (unpaired) electrons. The van der Waals surface area contributed by atoms with Gasteiger partial charge in [-0.15, -0.1) is 0 Å². The van der Waals surface area contributed by atoms with E-state index >= 15 is 0 Å². The Morgan fingerprint density at radius 2 is 2.12 bits per heavy atom. The Labute approximate surface area is 106 Å². The monoisotopic (exact) mass is 240 g/mol. The zero-order chi connectivity index (χ0) is 12.5. The van der Waals surface area contributed by atoms with E-state index in [1.807, 2.05) is 0 Å². The molecule has 2 N–H and O–H groups in total. The zero-order valence-electron chi connectivity index (χ0n) is 11.6. The summed E-state index contributed by atoms with van der Waals surface area (Å²) in [7, 11) is 0. The van der Waals surface area contributed by atoms with Gasteiger partial charge in [-0.05, 0) is 43.7 Å². The first-order valence-corrected chi connectivity index (χ1v) is 7.09. The van der Waals surface area contributed by atoms with E-state index in [4.69, 9.17) is 0 Å². The van der Waals surface area contributed by atoms with Crippen LogP contribution in [0.2, 0.25) is 0 Å². The molecule has 3 nitrogen and oxygen atoms in total. The Morgan fingerprint density at radius 3 is 2.53 bits per heavy atom. The number of aliphatic hydroxyl groups is 1. The Morgan fingerprint density at radius 1 is 1.41 bits per heavy atom. The lowest BCUT2D eigenvalue weighted by Crippen LogP contribution is -2.57. The molecule has 100 valence electrons. The highest BCUT2D eigenvalue weighted by atomic mass is 16.3. The van der Waals surface area contributed by atoms with Crippen molar-refractivity contribution in [1.29, 1.82) is 0 Å². The summed E-state index contributed by atoms with van der Waals surface area (Å²) in [6.45, 7) is 11.4. The van der Waals surface area contributed by atoms with Crippen molar-refractivity contribution >= 4 is 0 Å². The summed E-state index contributed by atoms with van der Waals surface area (Å²) in [5.74, 6) is 0.691. The van der Waals surface area contributed by atoms with E-state index in [-0.39, 0.29) is 12.1 Å². The quantitative estimate of drug-likeness (QED) is 0.738. The SMILES string of the molecule is CCNC(CO)(CN1CCC(C)(C)C1)C1CC1. The van der Waals surface area contributed by atoms with Gasteiger partial charge in [0.05, 0.1) is 12.1 Å². The zero-order valence-corrected chi connectivity index (χ0v) is 11.6. The van der Waals surface area contributed by atoms with Crippen molar-refractivity contribution in [2.75, 3.05) is 32.8 Å². The van der Waals surface area contributed by atoms with Crippen molar-refractivity contribution in [3.05, 3.63) is 0 Å². The van der Waals surface area contributed by atoms with Crippen molar-refractivity contribution < 1.29 is 5.11 Å². The van der Waals surface area contributed by atoms with Crippen LogP contribution in [-0.2, 0) is 0 Å². The summed E-state index contributed by atoms with van der Waals surface area (Å²) in [6, 6.07) is 0. The molecular formula is C14H28N2O. The molecule has 1 aliphatic carbocycles. The first kappa shape index (κ1) is 13.3. The van der Waals surface area contributed by atoms with E-state index in [9.17, 15) is 5.11 Å².